The zero-order valence-corrected chi connectivity index (χ0v) is 21.0. The van der Waals surface area contributed by atoms with Crippen molar-refractivity contribution in [3.05, 3.63) is 129 Å². The molecule has 1 aliphatic heterocycles. The molecule has 37 heavy (non-hydrogen) atoms. The van der Waals surface area contributed by atoms with Crippen molar-refractivity contribution in [1.29, 1.82) is 0 Å². The van der Waals surface area contributed by atoms with E-state index in [1.54, 1.807) is 30.3 Å². The Bertz CT molecular complexity index is 1600. The quantitative estimate of drug-likeness (QED) is 0.216. The van der Waals surface area contributed by atoms with Gasteiger partial charge < -0.3 is 0 Å². The summed E-state index contributed by atoms with van der Waals surface area (Å²) in [6.45, 7) is 0. The lowest BCUT2D eigenvalue weighted by Gasteiger charge is -2.52. The predicted octanol–water partition coefficient (Wildman–Crippen LogP) is 6.95. The molecule has 3 aliphatic carbocycles. The highest BCUT2D eigenvalue weighted by molar-refractivity contribution is 6.36. The highest BCUT2D eigenvalue weighted by Gasteiger charge is 2.68. The van der Waals surface area contributed by atoms with Crippen molar-refractivity contribution in [1.82, 2.24) is 0 Å². The van der Waals surface area contributed by atoms with Crippen LogP contribution < -0.4 is 4.90 Å². The van der Waals surface area contributed by atoms with Gasteiger partial charge in [0.15, 0.2) is 0 Å². The Morgan fingerprint density at radius 1 is 0.703 bits per heavy atom. The molecule has 0 radical (unpaired) electrons. The van der Waals surface area contributed by atoms with E-state index in [2.05, 4.69) is 24.3 Å². The normalized spacial score (nSPS) is 25.4. The fraction of sp³-hybridized carbons (Fsp3) is 0.129. The first-order chi connectivity index (χ1) is 18.0. The second-order valence-corrected chi connectivity index (χ2v) is 10.5. The average molecular weight is 523 g/mol. The standard InChI is InChI=1S/C31H20Cl2N2O2/c32-22-13-5-7-15-24(22)34-17-31-20-11-3-1-9-18(20)26(19-10-2-4-12-21(19)31)27-28(31)30(37)35(29(27)36)25-16-8-6-14-23(25)33/h1-17,26-28H/t26?,27-,28-,31?/m1/s1. The molecule has 2 amide bonds. The number of hydrogen-bond donors (Lipinski definition) is 0. The van der Waals surface area contributed by atoms with E-state index in [1.165, 1.54) is 4.90 Å². The minimum Gasteiger partial charge on any atom is -0.274 e. The second-order valence-electron chi connectivity index (χ2n) is 9.70. The summed E-state index contributed by atoms with van der Waals surface area (Å²) in [5, 5.41) is 0.883. The number of anilines is 1. The van der Waals surface area contributed by atoms with E-state index < -0.39 is 17.3 Å². The van der Waals surface area contributed by atoms with Crippen molar-refractivity contribution in [2.45, 2.75) is 11.3 Å². The van der Waals surface area contributed by atoms with Gasteiger partial charge in [-0.15, -0.1) is 0 Å². The number of nitrogens with zero attached hydrogens (tertiary/aromatic N) is 2. The van der Waals surface area contributed by atoms with E-state index in [0.29, 0.717) is 21.4 Å². The van der Waals surface area contributed by atoms with Crippen LogP contribution in [0, 0.1) is 11.8 Å². The van der Waals surface area contributed by atoms with Crippen LogP contribution in [0.3, 0.4) is 0 Å². The maximum atomic E-state index is 14.4. The summed E-state index contributed by atoms with van der Waals surface area (Å²) in [5.74, 6) is -1.98. The summed E-state index contributed by atoms with van der Waals surface area (Å²) < 4.78 is 0. The van der Waals surface area contributed by atoms with E-state index in [4.69, 9.17) is 28.2 Å². The zero-order valence-electron chi connectivity index (χ0n) is 19.5. The van der Waals surface area contributed by atoms with E-state index in [1.807, 2.05) is 48.7 Å². The Kier molecular flexibility index (Phi) is 4.94. The Hall–Kier alpha value is -3.73. The summed E-state index contributed by atoms with van der Waals surface area (Å²) in [4.78, 5) is 34.7. The number of aliphatic imine (C=N–C) groups is 1. The zero-order chi connectivity index (χ0) is 25.3. The van der Waals surface area contributed by atoms with Gasteiger partial charge in [0, 0.05) is 12.1 Å². The molecule has 0 saturated carbocycles. The monoisotopic (exact) mass is 522 g/mol. The molecule has 0 aromatic heterocycles. The van der Waals surface area contributed by atoms with E-state index >= 15 is 0 Å². The van der Waals surface area contributed by atoms with Crippen LogP contribution in [0.4, 0.5) is 11.4 Å². The largest absolute Gasteiger partial charge is 0.274 e. The Morgan fingerprint density at radius 3 is 1.92 bits per heavy atom. The van der Waals surface area contributed by atoms with Gasteiger partial charge in [-0.2, -0.15) is 0 Å². The van der Waals surface area contributed by atoms with Gasteiger partial charge in [0.05, 0.1) is 38.7 Å². The summed E-state index contributed by atoms with van der Waals surface area (Å²) in [5.41, 5.74) is 4.17. The molecule has 1 heterocycles. The van der Waals surface area contributed by atoms with Crippen LogP contribution in [0.1, 0.15) is 28.2 Å². The molecule has 1 saturated heterocycles. The van der Waals surface area contributed by atoms with Gasteiger partial charge >= 0.3 is 0 Å². The fourth-order valence-corrected chi connectivity index (χ4v) is 7.05. The molecule has 2 bridgehead atoms. The number of benzene rings is 4. The second kappa shape index (κ2) is 8.14. The SMILES string of the molecule is O=C1[C@@H]2C3c4ccccc4C(C=Nc4ccccc4Cl)(c4ccccc43)[C@H]2C(=O)N1c1ccccc1Cl. The van der Waals surface area contributed by atoms with Crippen LogP contribution in [0.15, 0.2) is 102 Å². The molecule has 180 valence electrons. The molecule has 6 heteroatoms. The third-order valence-electron chi connectivity index (χ3n) is 8.04. The minimum atomic E-state index is -0.950. The van der Waals surface area contributed by atoms with Crippen molar-refractivity contribution in [3.8, 4) is 0 Å². The number of halogens is 2. The third-order valence-corrected chi connectivity index (χ3v) is 8.68. The van der Waals surface area contributed by atoms with Gasteiger partial charge in [-0.1, -0.05) is 96.0 Å². The third kappa shape index (κ3) is 2.94. The lowest BCUT2D eigenvalue weighted by atomic mass is 9.47. The molecule has 8 rings (SSSR count). The van der Waals surface area contributed by atoms with Gasteiger partial charge in [0.25, 0.3) is 0 Å². The van der Waals surface area contributed by atoms with Gasteiger partial charge in [0.2, 0.25) is 11.8 Å². The number of imide groups is 1. The first-order valence-corrected chi connectivity index (χ1v) is 12.9. The summed E-state index contributed by atoms with van der Waals surface area (Å²) in [7, 11) is 0. The summed E-state index contributed by atoms with van der Waals surface area (Å²) in [6.07, 6.45) is 1.85. The number of amides is 2. The van der Waals surface area contributed by atoms with Crippen LogP contribution in [0.25, 0.3) is 0 Å². The Morgan fingerprint density at radius 2 is 1.27 bits per heavy atom. The lowest BCUT2D eigenvalue weighted by Crippen LogP contribution is -2.54. The fourth-order valence-electron chi connectivity index (χ4n) is 6.65. The van der Waals surface area contributed by atoms with Crippen molar-refractivity contribution in [3.63, 3.8) is 0 Å². The molecule has 2 atom stereocenters. The van der Waals surface area contributed by atoms with Crippen molar-refractivity contribution < 1.29 is 9.59 Å². The molecule has 0 N–H and O–H groups in total. The first kappa shape index (κ1) is 22.5. The van der Waals surface area contributed by atoms with E-state index in [-0.39, 0.29) is 17.7 Å². The molecule has 4 nitrogen and oxygen atoms in total. The summed E-state index contributed by atoms with van der Waals surface area (Å²) in [6, 6.07) is 30.6. The van der Waals surface area contributed by atoms with Crippen LogP contribution in [0.2, 0.25) is 10.0 Å². The van der Waals surface area contributed by atoms with Crippen LogP contribution in [-0.2, 0) is 15.0 Å². The number of para-hydroxylation sites is 2. The highest BCUT2D eigenvalue weighted by atomic mass is 35.5. The lowest BCUT2D eigenvalue weighted by molar-refractivity contribution is -0.122. The molecule has 4 aliphatic rings. The number of carbonyl (C=O) groups is 2. The molecule has 4 aromatic rings. The van der Waals surface area contributed by atoms with Crippen molar-refractivity contribution in [2.24, 2.45) is 16.8 Å². The minimum absolute atomic E-state index is 0.229. The maximum Gasteiger partial charge on any atom is 0.239 e. The average Bonchev–Trinajstić information content (AvgIpc) is 3.19. The van der Waals surface area contributed by atoms with Gasteiger partial charge in [-0.05, 0) is 46.5 Å². The van der Waals surface area contributed by atoms with Gasteiger partial charge in [-0.25, -0.2) is 4.90 Å². The van der Waals surface area contributed by atoms with Gasteiger partial charge in [-0.3, -0.25) is 14.6 Å². The number of rotatable bonds is 3. The smallest absolute Gasteiger partial charge is 0.239 e. The molecule has 0 spiro atoms. The van der Waals surface area contributed by atoms with E-state index in [0.717, 1.165) is 22.3 Å². The predicted molar refractivity (Wildman–Crippen MR) is 146 cm³/mol. The van der Waals surface area contributed by atoms with Crippen molar-refractivity contribution >= 4 is 52.6 Å². The highest BCUT2D eigenvalue weighted by Crippen LogP contribution is 2.64. The number of carbonyl (C=O) groups excluding carboxylic acids is 2. The van der Waals surface area contributed by atoms with Crippen LogP contribution in [0.5, 0.6) is 0 Å². The molecule has 4 aromatic carbocycles. The Labute approximate surface area is 224 Å². The molecule has 0 unspecified atom stereocenters. The maximum absolute atomic E-state index is 14.4. The summed E-state index contributed by atoms with van der Waals surface area (Å²) >= 11 is 13.0. The first-order valence-electron chi connectivity index (χ1n) is 12.1. The van der Waals surface area contributed by atoms with Gasteiger partial charge in [0.1, 0.15) is 0 Å². The van der Waals surface area contributed by atoms with Crippen molar-refractivity contribution in [2.75, 3.05) is 4.90 Å². The molecular weight excluding hydrogens is 503 g/mol. The topological polar surface area (TPSA) is 49.7 Å². The van der Waals surface area contributed by atoms with Crippen LogP contribution in [-0.4, -0.2) is 18.0 Å². The van der Waals surface area contributed by atoms with E-state index in [9.17, 15) is 9.59 Å². The Balaban J connectivity index is 1.53. The number of hydrogen-bond acceptors (Lipinski definition) is 3. The molecule has 1 fully saturated rings. The van der Waals surface area contributed by atoms with Crippen LogP contribution >= 0.6 is 23.2 Å². The molecular formula is C31H20Cl2N2O2.